The van der Waals surface area contributed by atoms with Crippen LogP contribution in [0, 0.1) is 12.7 Å². The number of rotatable bonds is 5. The van der Waals surface area contributed by atoms with Crippen LogP contribution in [-0.4, -0.2) is 15.0 Å². The minimum Gasteiger partial charge on any atom is -0.303 e. The first kappa shape index (κ1) is 13.5. The van der Waals surface area contributed by atoms with Crippen molar-refractivity contribution in [2.24, 2.45) is 0 Å². The van der Waals surface area contributed by atoms with Crippen molar-refractivity contribution in [3.63, 3.8) is 0 Å². The Morgan fingerprint density at radius 1 is 1.26 bits per heavy atom. The number of pyridine rings is 1. The normalized spacial score (nSPS) is 12.4. The van der Waals surface area contributed by atoms with Gasteiger partial charge < -0.3 is 5.32 Å². The number of aryl methyl sites for hydroxylation is 1. The number of hydrogen-bond donors (Lipinski definition) is 1. The van der Waals surface area contributed by atoms with Crippen molar-refractivity contribution in [1.29, 1.82) is 0 Å². The van der Waals surface area contributed by atoms with E-state index in [1.807, 2.05) is 13.0 Å². The Kier molecular flexibility index (Phi) is 4.52. The predicted octanol–water partition coefficient (Wildman–Crippen LogP) is 2.56. The third-order valence-corrected chi connectivity index (χ3v) is 2.88. The molecule has 0 aliphatic carbocycles. The van der Waals surface area contributed by atoms with E-state index in [0.717, 1.165) is 23.6 Å². The highest BCUT2D eigenvalue weighted by molar-refractivity contribution is 5.10. The summed E-state index contributed by atoms with van der Waals surface area (Å²) >= 11 is 0. The molecule has 0 spiro atoms. The van der Waals surface area contributed by atoms with Crippen LogP contribution in [0.2, 0.25) is 0 Å². The van der Waals surface area contributed by atoms with Crippen LogP contribution >= 0.6 is 0 Å². The zero-order chi connectivity index (χ0) is 13.7. The SMILES string of the molecule is CCC(NCc1ccnc(C)n1)c1ccc(F)cn1. The summed E-state index contributed by atoms with van der Waals surface area (Å²) in [6.07, 6.45) is 3.87. The lowest BCUT2D eigenvalue weighted by molar-refractivity contribution is 0.499. The third kappa shape index (κ3) is 3.79. The predicted molar refractivity (Wildman–Crippen MR) is 70.8 cm³/mol. The van der Waals surface area contributed by atoms with Crippen LogP contribution in [0.1, 0.15) is 36.6 Å². The maximum Gasteiger partial charge on any atom is 0.141 e. The molecule has 100 valence electrons. The lowest BCUT2D eigenvalue weighted by Gasteiger charge is -2.16. The van der Waals surface area contributed by atoms with Crippen molar-refractivity contribution in [2.45, 2.75) is 32.9 Å². The second-order valence-corrected chi connectivity index (χ2v) is 4.34. The van der Waals surface area contributed by atoms with Gasteiger partial charge in [0.2, 0.25) is 0 Å². The van der Waals surface area contributed by atoms with E-state index in [1.165, 1.54) is 12.3 Å². The van der Waals surface area contributed by atoms with E-state index in [4.69, 9.17) is 0 Å². The second-order valence-electron chi connectivity index (χ2n) is 4.34. The molecule has 0 amide bonds. The summed E-state index contributed by atoms with van der Waals surface area (Å²) < 4.78 is 12.8. The van der Waals surface area contributed by atoms with Gasteiger partial charge in [-0.05, 0) is 31.5 Å². The van der Waals surface area contributed by atoms with Crippen LogP contribution < -0.4 is 5.32 Å². The molecule has 4 nitrogen and oxygen atoms in total. The van der Waals surface area contributed by atoms with Gasteiger partial charge in [-0.15, -0.1) is 0 Å². The molecule has 0 saturated heterocycles. The monoisotopic (exact) mass is 260 g/mol. The molecule has 2 aromatic rings. The maximum atomic E-state index is 12.8. The Labute approximate surface area is 112 Å². The molecule has 19 heavy (non-hydrogen) atoms. The summed E-state index contributed by atoms with van der Waals surface area (Å²) in [7, 11) is 0. The molecule has 0 aliphatic heterocycles. The van der Waals surface area contributed by atoms with Crippen LogP contribution in [0.3, 0.4) is 0 Å². The van der Waals surface area contributed by atoms with E-state index in [-0.39, 0.29) is 11.9 Å². The van der Waals surface area contributed by atoms with Gasteiger partial charge in [-0.2, -0.15) is 0 Å². The molecule has 1 N–H and O–H groups in total. The van der Waals surface area contributed by atoms with E-state index in [1.54, 1.807) is 12.3 Å². The van der Waals surface area contributed by atoms with Gasteiger partial charge in [0.1, 0.15) is 11.6 Å². The Morgan fingerprint density at radius 3 is 2.74 bits per heavy atom. The molecule has 0 aliphatic rings. The quantitative estimate of drug-likeness (QED) is 0.897. The van der Waals surface area contributed by atoms with Gasteiger partial charge in [-0.25, -0.2) is 14.4 Å². The highest BCUT2D eigenvalue weighted by Gasteiger charge is 2.10. The number of hydrogen-bond acceptors (Lipinski definition) is 4. The second kappa shape index (κ2) is 6.33. The number of halogens is 1. The molecule has 2 aromatic heterocycles. The van der Waals surface area contributed by atoms with Crippen molar-refractivity contribution in [3.05, 3.63) is 53.6 Å². The molecule has 1 atom stereocenters. The largest absolute Gasteiger partial charge is 0.303 e. The zero-order valence-corrected chi connectivity index (χ0v) is 11.1. The minimum atomic E-state index is -0.315. The van der Waals surface area contributed by atoms with Gasteiger partial charge in [-0.3, -0.25) is 4.98 Å². The van der Waals surface area contributed by atoms with Gasteiger partial charge in [-0.1, -0.05) is 6.92 Å². The van der Waals surface area contributed by atoms with Crippen molar-refractivity contribution < 1.29 is 4.39 Å². The lowest BCUT2D eigenvalue weighted by Crippen LogP contribution is -2.22. The van der Waals surface area contributed by atoms with Crippen LogP contribution in [0.4, 0.5) is 4.39 Å². The highest BCUT2D eigenvalue weighted by Crippen LogP contribution is 2.14. The summed E-state index contributed by atoms with van der Waals surface area (Å²) in [6.45, 7) is 4.57. The Balaban J connectivity index is 2.01. The van der Waals surface area contributed by atoms with Gasteiger partial charge in [0.25, 0.3) is 0 Å². The highest BCUT2D eigenvalue weighted by atomic mass is 19.1. The van der Waals surface area contributed by atoms with Crippen molar-refractivity contribution in [2.75, 3.05) is 0 Å². The van der Waals surface area contributed by atoms with E-state index in [0.29, 0.717) is 6.54 Å². The zero-order valence-electron chi connectivity index (χ0n) is 11.1. The molecule has 0 radical (unpaired) electrons. The molecule has 0 aromatic carbocycles. The van der Waals surface area contributed by atoms with Crippen LogP contribution in [-0.2, 0) is 6.54 Å². The Morgan fingerprint density at radius 2 is 2.11 bits per heavy atom. The van der Waals surface area contributed by atoms with E-state index in [2.05, 4.69) is 27.2 Å². The molecule has 2 rings (SSSR count). The minimum absolute atomic E-state index is 0.0934. The molecule has 0 fully saturated rings. The Bertz CT molecular complexity index is 527. The molecule has 0 bridgehead atoms. The summed E-state index contributed by atoms with van der Waals surface area (Å²) in [6, 6.07) is 5.12. The molecular formula is C14H17FN4. The van der Waals surface area contributed by atoms with Crippen molar-refractivity contribution in [1.82, 2.24) is 20.3 Å². The van der Waals surface area contributed by atoms with Gasteiger partial charge in [0.15, 0.2) is 0 Å². The number of nitrogens with one attached hydrogen (secondary N) is 1. The average molecular weight is 260 g/mol. The molecular weight excluding hydrogens is 243 g/mol. The Hall–Kier alpha value is -1.88. The average Bonchev–Trinajstić information content (AvgIpc) is 2.41. The smallest absolute Gasteiger partial charge is 0.141 e. The lowest BCUT2D eigenvalue weighted by atomic mass is 10.1. The molecule has 0 saturated carbocycles. The van der Waals surface area contributed by atoms with Crippen molar-refractivity contribution >= 4 is 0 Å². The van der Waals surface area contributed by atoms with Crippen LogP contribution in [0.15, 0.2) is 30.6 Å². The molecule has 5 heteroatoms. The van der Waals surface area contributed by atoms with Crippen LogP contribution in [0.25, 0.3) is 0 Å². The van der Waals surface area contributed by atoms with Gasteiger partial charge in [0, 0.05) is 18.8 Å². The van der Waals surface area contributed by atoms with Gasteiger partial charge >= 0.3 is 0 Å². The first-order chi connectivity index (χ1) is 9.19. The number of nitrogens with zero attached hydrogens (tertiary/aromatic N) is 3. The fourth-order valence-corrected chi connectivity index (χ4v) is 1.88. The summed E-state index contributed by atoms with van der Waals surface area (Å²) in [4.78, 5) is 12.5. The van der Waals surface area contributed by atoms with Gasteiger partial charge in [0.05, 0.1) is 17.6 Å². The molecule has 1 unspecified atom stereocenters. The van der Waals surface area contributed by atoms with E-state index >= 15 is 0 Å². The van der Waals surface area contributed by atoms with E-state index < -0.39 is 0 Å². The fraction of sp³-hybridized carbons (Fsp3) is 0.357. The standard InChI is InChI=1S/C14H17FN4/c1-3-13(14-5-4-11(15)8-17-14)18-9-12-6-7-16-10(2)19-12/h4-8,13,18H,3,9H2,1-2H3. The van der Waals surface area contributed by atoms with E-state index in [9.17, 15) is 4.39 Å². The first-order valence-electron chi connectivity index (χ1n) is 6.32. The fourth-order valence-electron chi connectivity index (χ4n) is 1.88. The summed E-state index contributed by atoms with van der Waals surface area (Å²) in [5.41, 5.74) is 1.78. The third-order valence-electron chi connectivity index (χ3n) is 2.88. The number of aromatic nitrogens is 3. The van der Waals surface area contributed by atoms with Crippen molar-refractivity contribution in [3.8, 4) is 0 Å². The maximum absolute atomic E-state index is 12.8. The first-order valence-corrected chi connectivity index (χ1v) is 6.32. The topological polar surface area (TPSA) is 50.7 Å². The summed E-state index contributed by atoms with van der Waals surface area (Å²) in [5.74, 6) is 0.442. The van der Waals surface area contributed by atoms with Crippen LogP contribution in [0.5, 0.6) is 0 Å². The summed E-state index contributed by atoms with van der Waals surface area (Å²) in [5, 5.41) is 3.37. The molecule has 2 heterocycles.